The minimum atomic E-state index is -0.250. The number of benzene rings is 1. The molecule has 0 unspecified atom stereocenters. The fourth-order valence-electron chi connectivity index (χ4n) is 2.42. The summed E-state index contributed by atoms with van der Waals surface area (Å²) in [7, 11) is 4.59. The number of rotatable bonds is 9. The quantitative estimate of drug-likeness (QED) is 0.666. The van der Waals surface area contributed by atoms with Crippen LogP contribution in [0.1, 0.15) is 30.1 Å². The summed E-state index contributed by atoms with van der Waals surface area (Å²) in [6.07, 6.45) is 3.75. The number of amides is 1. The number of carbonyl (C=O) groups excluding carboxylic acids is 1. The molecule has 1 amide bonds. The Morgan fingerprint density at radius 1 is 1.08 bits per heavy atom. The van der Waals surface area contributed by atoms with Crippen LogP contribution in [0.3, 0.4) is 0 Å². The number of aromatic nitrogens is 1. The van der Waals surface area contributed by atoms with Crippen LogP contribution in [0.2, 0.25) is 0 Å². The third-order valence-electron chi connectivity index (χ3n) is 3.78. The molecule has 1 aromatic carbocycles. The first kappa shape index (κ1) is 19.4. The summed E-state index contributed by atoms with van der Waals surface area (Å²) in [5.41, 5.74) is 1.05. The number of nitrogens with zero attached hydrogens (tertiary/aromatic N) is 1. The Balaban J connectivity index is 2.18. The van der Waals surface area contributed by atoms with Crippen LogP contribution in [0.5, 0.6) is 17.2 Å². The lowest BCUT2D eigenvalue weighted by Gasteiger charge is -2.14. The maximum atomic E-state index is 12.6. The third-order valence-corrected chi connectivity index (χ3v) is 3.78. The Bertz CT molecular complexity index is 724. The minimum absolute atomic E-state index is 0.250. The molecule has 2 aromatic rings. The molecule has 0 radical (unpaired) electrons. The second-order valence-corrected chi connectivity index (χ2v) is 5.58. The van der Waals surface area contributed by atoms with Crippen LogP contribution in [-0.4, -0.2) is 38.8 Å². The van der Waals surface area contributed by atoms with Gasteiger partial charge in [0, 0.05) is 36.1 Å². The molecule has 0 saturated carbocycles. The lowest BCUT2D eigenvalue weighted by Crippen LogP contribution is -2.13. The van der Waals surface area contributed by atoms with E-state index < -0.39 is 0 Å². The topological polar surface area (TPSA) is 81.7 Å². The molecule has 0 atom stereocenters. The number of anilines is 2. The Morgan fingerprint density at radius 3 is 2.35 bits per heavy atom. The first-order chi connectivity index (χ1) is 12.6. The average Bonchev–Trinajstić information content (AvgIpc) is 2.67. The summed E-state index contributed by atoms with van der Waals surface area (Å²) in [6.45, 7) is 2.94. The van der Waals surface area contributed by atoms with E-state index in [4.69, 9.17) is 14.2 Å². The minimum Gasteiger partial charge on any atom is -0.493 e. The zero-order valence-corrected chi connectivity index (χ0v) is 15.6. The van der Waals surface area contributed by atoms with Crippen molar-refractivity contribution in [2.45, 2.75) is 19.8 Å². The summed E-state index contributed by atoms with van der Waals surface area (Å²) >= 11 is 0. The number of unbranched alkanes of at least 4 members (excludes halogenated alkanes) is 1. The monoisotopic (exact) mass is 359 g/mol. The molecule has 0 bridgehead atoms. The standard InChI is InChI=1S/C19H25N3O4/c1-5-6-8-20-17-10-13(7-9-21-17)19(23)22-14-11-15(24-2)18(26-4)16(12-14)25-3/h7,9-12H,5-6,8H2,1-4H3,(H,20,21)(H,22,23). The van der Waals surface area contributed by atoms with E-state index in [-0.39, 0.29) is 5.91 Å². The van der Waals surface area contributed by atoms with E-state index in [2.05, 4.69) is 22.5 Å². The van der Waals surface area contributed by atoms with Gasteiger partial charge in [0.1, 0.15) is 5.82 Å². The zero-order valence-electron chi connectivity index (χ0n) is 15.6. The van der Waals surface area contributed by atoms with Crippen molar-refractivity contribution in [3.05, 3.63) is 36.0 Å². The van der Waals surface area contributed by atoms with Crippen molar-refractivity contribution in [1.29, 1.82) is 0 Å². The van der Waals surface area contributed by atoms with Crippen LogP contribution in [0.4, 0.5) is 11.5 Å². The smallest absolute Gasteiger partial charge is 0.255 e. The summed E-state index contributed by atoms with van der Waals surface area (Å²) in [5, 5.41) is 6.05. The van der Waals surface area contributed by atoms with Gasteiger partial charge in [0.15, 0.2) is 11.5 Å². The number of pyridine rings is 1. The van der Waals surface area contributed by atoms with Gasteiger partial charge in [-0.15, -0.1) is 0 Å². The maximum Gasteiger partial charge on any atom is 0.255 e. The van der Waals surface area contributed by atoms with Gasteiger partial charge in [-0.05, 0) is 18.6 Å². The van der Waals surface area contributed by atoms with Crippen molar-refractivity contribution in [2.24, 2.45) is 0 Å². The predicted octanol–water partition coefficient (Wildman–Crippen LogP) is 3.57. The molecule has 2 rings (SSSR count). The van der Waals surface area contributed by atoms with Gasteiger partial charge in [0.25, 0.3) is 5.91 Å². The van der Waals surface area contributed by atoms with Gasteiger partial charge in [-0.25, -0.2) is 4.98 Å². The molecule has 0 aliphatic heterocycles. The van der Waals surface area contributed by atoms with Crippen LogP contribution in [-0.2, 0) is 0 Å². The van der Waals surface area contributed by atoms with Gasteiger partial charge < -0.3 is 24.8 Å². The fourth-order valence-corrected chi connectivity index (χ4v) is 2.42. The van der Waals surface area contributed by atoms with Crippen LogP contribution >= 0.6 is 0 Å². The first-order valence-corrected chi connectivity index (χ1v) is 8.44. The number of hydrogen-bond donors (Lipinski definition) is 2. The highest BCUT2D eigenvalue weighted by Gasteiger charge is 2.15. The average molecular weight is 359 g/mol. The summed E-state index contributed by atoms with van der Waals surface area (Å²) < 4.78 is 15.9. The number of methoxy groups -OCH3 is 3. The number of hydrogen-bond acceptors (Lipinski definition) is 6. The van der Waals surface area contributed by atoms with Gasteiger partial charge in [-0.2, -0.15) is 0 Å². The Labute approximate surface area is 153 Å². The van der Waals surface area contributed by atoms with Gasteiger partial charge >= 0.3 is 0 Å². The molecule has 7 nitrogen and oxygen atoms in total. The van der Waals surface area contributed by atoms with E-state index in [1.807, 2.05) is 0 Å². The van der Waals surface area contributed by atoms with Crippen LogP contribution < -0.4 is 24.8 Å². The lowest BCUT2D eigenvalue weighted by molar-refractivity contribution is 0.102. The van der Waals surface area contributed by atoms with E-state index in [9.17, 15) is 4.79 Å². The molecule has 0 aliphatic carbocycles. The second-order valence-electron chi connectivity index (χ2n) is 5.58. The molecule has 0 spiro atoms. The van der Waals surface area contributed by atoms with Crippen molar-refractivity contribution in [3.8, 4) is 17.2 Å². The molecule has 7 heteroatoms. The number of ether oxygens (including phenoxy) is 3. The molecular weight excluding hydrogens is 334 g/mol. The second kappa shape index (κ2) is 9.50. The Kier molecular flexibility index (Phi) is 7.08. The van der Waals surface area contributed by atoms with Crippen LogP contribution in [0.25, 0.3) is 0 Å². The molecule has 2 N–H and O–H groups in total. The normalized spacial score (nSPS) is 10.2. The van der Waals surface area contributed by atoms with Crippen molar-refractivity contribution >= 4 is 17.4 Å². The largest absolute Gasteiger partial charge is 0.493 e. The Morgan fingerprint density at radius 2 is 1.77 bits per heavy atom. The number of nitrogens with one attached hydrogen (secondary N) is 2. The predicted molar refractivity (Wildman–Crippen MR) is 102 cm³/mol. The highest BCUT2D eigenvalue weighted by molar-refractivity contribution is 6.04. The van der Waals surface area contributed by atoms with Gasteiger partial charge in [-0.1, -0.05) is 13.3 Å². The summed E-state index contributed by atoms with van der Waals surface area (Å²) in [6, 6.07) is 6.75. The molecule has 0 fully saturated rings. The highest BCUT2D eigenvalue weighted by atomic mass is 16.5. The maximum absolute atomic E-state index is 12.6. The SMILES string of the molecule is CCCCNc1cc(C(=O)Nc2cc(OC)c(OC)c(OC)c2)ccn1. The van der Waals surface area contributed by atoms with E-state index in [1.165, 1.54) is 21.3 Å². The lowest BCUT2D eigenvalue weighted by atomic mass is 10.2. The van der Waals surface area contributed by atoms with E-state index in [1.54, 1.807) is 30.5 Å². The fraction of sp³-hybridized carbons (Fsp3) is 0.368. The van der Waals surface area contributed by atoms with Crippen molar-refractivity contribution in [1.82, 2.24) is 4.98 Å². The van der Waals surface area contributed by atoms with E-state index in [0.717, 1.165) is 19.4 Å². The van der Waals surface area contributed by atoms with Gasteiger partial charge in [0.05, 0.1) is 21.3 Å². The van der Waals surface area contributed by atoms with Gasteiger partial charge in [-0.3, -0.25) is 4.79 Å². The Hall–Kier alpha value is -2.96. The summed E-state index contributed by atoms with van der Waals surface area (Å²) in [4.78, 5) is 16.8. The summed E-state index contributed by atoms with van der Waals surface area (Å²) in [5.74, 6) is 1.84. The van der Waals surface area contributed by atoms with Crippen LogP contribution in [0, 0.1) is 0 Å². The zero-order chi connectivity index (χ0) is 18.9. The first-order valence-electron chi connectivity index (χ1n) is 8.44. The molecular formula is C19H25N3O4. The molecule has 1 aromatic heterocycles. The van der Waals surface area contributed by atoms with Crippen LogP contribution in [0.15, 0.2) is 30.5 Å². The van der Waals surface area contributed by atoms with Crippen molar-refractivity contribution in [2.75, 3.05) is 38.5 Å². The van der Waals surface area contributed by atoms with E-state index in [0.29, 0.717) is 34.3 Å². The number of carbonyl (C=O) groups is 1. The molecule has 1 heterocycles. The van der Waals surface area contributed by atoms with Crippen molar-refractivity contribution in [3.63, 3.8) is 0 Å². The van der Waals surface area contributed by atoms with Gasteiger partial charge in [0.2, 0.25) is 5.75 Å². The van der Waals surface area contributed by atoms with Crippen molar-refractivity contribution < 1.29 is 19.0 Å². The molecule has 140 valence electrons. The van der Waals surface area contributed by atoms with E-state index >= 15 is 0 Å². The molecule has 26 heavy (non-hydrogen) atoms. The third kappa shape index (κ3) is 4.78. The molecule has 0 saturated heterocycles. The highest BCUT2D eigenvalue weighted by Crippen LogP contribution is 2.40. The molecule has 0 aliphatic rings.